The van der Waals surface area contributed by atoms with Crippen molar-refractivity contribution in [3.8, 4) is 6.07 Å². The predicted octanol–water partition coefficient (Wildman–Crippen LogP) is 4.28. The van der Waals surface area contributed by atoms with Gasteiger partial charge in [-0.3, -0.25) is 9.36 Å². The minimum absolute atomic E-state index is 0.00474. The van der Waals surface area contributed by atoms with E-state index >= 15 is 0 Å². The molecule has 1 amide bonds. The lowest BCUT2D eigenvalue weighted by Gasteiger charge is -2.26. The second kappa shape index (κ2) is 7.52. The molecule has 152 valence electrons. The number of amides is 1. The second-order valence-corrected chi connectivity index (χ2v) is 8.80. The van der Waals surface area contributed by atoms with Crippen molar-refractivity contribution < 1.29 is 13.6 Å². The largest absolute Gasteiger partial charge is 0.301 e. The van der Waals surface area contributed by atoms with Gasteiger partial charge < -0.3 is 4.55 Å². The van der Waals surface area contributed by atoms with Crippen LogP contribution in [0.2, 0.25) is 10.0 Å². The van der Waals surface area contributed by atoms with E-state index in [2.05, 4.69) is 11.1 Å². The van der Waals surface area contributed by atoms with Gasteiger partial charge in [0.15, 0.2) is 5.03 Å². The smallest absolute Gasteiger partial charge is 0.260 e. The fourth-order valence-electron chi connectivity index (χ4n) is 3.65. The maximum atomic E-state index is 13.6. The summed E-state index contributed by atoms with van der Waals surface area (Å²) in [5, 5.41) is 9.69. The fraction of sp³-hybridized carbons (Fsp3) is 0.150. The van der Waals surface area contributed by atoms with Crippen LogP contribution in [0.25, 0.3) is 0 Å². The molecular formula is C20H14Cl2N4O3S. The maximum absolute atomic E-state index is 13.6. The highest BCUT2D eigenvalue weighted by molar-refractivity contribution is 7.79. The van der Waals surface area contributed by atoms with Crippen LogP contribution in [0.3, 0.4) is 0 Å². The van der Waals surface area contributed by atoms with Crippen molar-refractivity contribution in [2.75, 3.05) is 4.90 Å². The van der Waals surface area contributed by atoms with Crippen LogP contribution in [0.15, 0.2) is 53.7 Å². The van der Waals surface area contributed by atoms with Gasteiger partial charge in [-0.1, -0.05) is 35.3 Å². The van der Waals surface area contributed by atoms with Crippen LogP contribution in [0, 0.1) is 11.3 Å². The summed E-state index contributed by atoms with van der Waals surface area (Å²) in [7, 11) is 0. The molecule has 0 bridgehead atoms. The highest BCUT2D eigenvalue weighted by Gasteiger charge is 2.50. The van der Waals surface area contributed by atoms with Gasteiger partial charge in [-0.25, -0.2) is 14.1 Å². The predicted molar refractivity (Wildman–Crippen MR) is 113 cm³/mol. The molecule has 7 nitrogen and oxygen atoms in total. The first-order valence-corrected chi connectivity index (χ1v) is 10.6. The number of benzene rings is 2. The highest BCUT2D eigenvalue weighted by atomic mass is 35.5. The van der Waals surface area contributed by atoms with Crippen molar-refractivity contribution in [3.63, 3.8) is 0 Å². The molecule has 2 atom stereocenters. The minimum Gasteiger partial charge on any atom is -0.301 e. The number of carbonyl (C=O) groups is 1. The van der Waals surface area contributed by atoms with Crippen molar-refractivity contribution in [1.82, 2.24) is 9.55 Å². The number of hydrogen-bond donors (Lipinski definition) is 1. The number of imidazole rings is 1. The SMILES string of the molecule is C[C@@]1(Cc2ccc(C#N)cc2)C(=O)N(c2cc(Cl)cc(Cl)c2)c2ncc(S(=O)O)n21. The first-order valence-electron chi connectivity index (χ1n) is 8.73. The van der Waals surface area contributed by atoms with Gasteiger partial charge in [-0.2, -0.15) is 5.26 Å². The molecule has 2 heterocycles. The molecule has 0 radical (unpaired) electrons. The third-order valence-corrected chi connectivity index (χ3v) is 6.07. The molecule has 0 aliphatic carbocycles. The molecule has 10 heteroatoms. The van der Waals surface area contributed by atoms with Crippen LogP contribution in [-0.4, -0.2) is 24.2 Å². The number of aromatic nitrogens is 2. The van der Waals surface area contributed by atoms with Crippen LogP contribution in [0.1, 0.15) is 18.1 Å². The average molecular weight is 461 g/mol. The zero-order valence-corrected chi connectivity index (χ0v) is 17.9. The van der Waals surface area contributed by atoms with E-state index in [4.69, 9.17) is 28.5 Å². The monoisotopic (exact) mass is 460 g/mol. The number of halogens is 2. The molecule has 30 heavy (non-hydrogen) atoms. The number of rotatable bonds is 4. The van der Waals surface area contributed by atoms with Gasteiger partial charge in [0.05, 0.1) is 23.5 Å². The third kappa shape index (κ3) is 3.30. The minimum atomic E-state index is -2.36. The van der Waals surface area contributed by atoms with E-state index in [1.54, 1.807) is 49.4 Å². The molecule has 1 unspecified atom stereocenters. The summed E-state index contributed by atoms with van der Waals surface area (Å²) in [6.45, 7) is 1.68. The Kier molecular flexibility index (Phi) is 5.16. The molecule has 4 rings (SSSR count). The summed E-state index contributed by atoms with van der Waals surface area (Å²) < 4.78 is 23.2. The lowest BCUT2D eigenvalue weighted by Crippen LogP contribution is -2.41. The summed E-state index contributed by atoms with van der Waals surface area (Å²) in [6.07, 6.45) is 1.49. The molecule has 0 saturated heterocycles. The third-order valence-electron chi connectivity index (χ3n) is 4.98. The summed E-state index contributed by atoms with van der Waals surface area (Å²) in [6, 6.07) is 13.6. The number of fused-ring (bicyclic) bond motifs is 1. The average Bonchev–Trinajstić information content (AvgIpc) is 3.21. The van der Waals surface area contributed by atoms with Gasteiger partial charge in [0, 0.05) is 16.5 Å². The normalized spacial score (nSPS) is 18.9. The molecule has 0 spiro atoms. The number of nitriles is 1. The fourth-order valence-corrected chi connectivity index (χ4v) is 4.75. The van der Waals surface area contributed by atoms with E-state index in [0.717, 1.165) is 5.56 Å². The van der Waals surface area contributed by atoms with Gasteiger partial charge in [0.2, 0.25) is 17.0 Å². The Morgan fingerprint density at radius 2 is 1.83 bits per heavy atom. The van der Waals surface area contributed by atoms with Crippen molar-refractivity contribution in [2.24, 2.45) is 0 Å². The van der Waals surface area contributed by atoms with Crippen LogP contribution in [0.5, 0.6) is 0 Å². The Morgan fingerprint density at radius 3 is 2.40 bits per heavy atom. The van der Waals surface area contributed by atoms with Gasteiger partial charge in [0.25, 0.3) is 5.91 Å². The van der Waals surface area contributed by atoms with Crippen LogP contribution >= 0.6 is 23.2 Å². The summed E-state index contributed by atoms with van der Waals surface area (Å²) >= 11 is 9.89. The van der Waals surface area contributed by atoms with Gasteiger partial charge in [-0.15, -0.1) is 0 Å². The zero-order valence-electron chi connectivity index (χ0n) is 15.5. The van der Waals surface area contributed by atoms with Gasteiger partial charge in [-0.05, 0) is 42.8 Å². The van der Waals surface area contributed by atoms with E-state index < -0.39 is 16.6 Å². The Labute approximate surface area is 184 Å². The molecule has 2 aromatic carbocycles. The van der Waals surface area contributed by atoms with Crippen molar-refractivity contribution in [3.05, 3.63) is 69.8 Å². The van der Waals surface area contributed by atoms with Crippen molar-refractivity contribution in [1.29, 1.82) is 5.26 Å². The summed E-state index contributed by atoms with van der Waals surface area (Å²) in [4.78, 5) is 19.2. The number of hydrogen-bond acceptors (Lipinski definition) is 4. The van der Waals surface area contributed by atoms with E-state index in [0.29, 0.717) is 21.3 Å². The first kappa shape index (κ1) is 20.6. The lowest BCUT2D eigenvalue weighted by molar-refractivity contribution is -0.124. The standard InChI is InChI=1S/C20H14Cl2N4O3S/c1-20(9-12-2-4-13(10-23)5-3-12)18(27)25(16-7-14(21)6-15(22)8-16)19-24-11-17(26(19)20)30(28)29/h2-8,11H,9H2,1H3,(H,28,29)/t20-/m1/s1. The topological polar surface area (TPSA) is 99.2 Å². The van der Waals surface area contributed by atoms with Crippen LogP contribution < -0.4 is 4.90 Å². The number of anilines is 2. The van der Waals surface area contributed by atoms with Crippen LogP contribution in [-0.2, 0) is 27.8 Å². The Morgan fingerprint density at radius 1 is 1.20 bits per heavy atom. The highest BCUT2D eigenvalue weighted by Crippen LogP contribution is 2.43. The molecule has 1 aliphatic rings. The Balaban J connectivity index is 1.87. The summed E-state index contributed by atoms with van der Waals surface area (Å²) in [5.41, 5.74) is 0.452. The van der Waals surface area contributed by atoms with E-state index in [1.165, 1.54) is 15.7 Å². The quantitative estimate of drug-likeness (QED) is 0.585. The molecule has 1 N–H and O–H groups in total. The molecular weight excluding hydrogens is 447 g/mol. The number of carbonyl (C=O) groups excluding carboxylic acids is 1. The van der Waals surface area contributed by atoms with Gasteiger partial charge >= 0.3 is 0 Å². The van der Waals surface area contributed by atoms with E-state index in [1.807, 2.05) is 0 Å². The molecule has 1 aliphatic heterocycles. The zero-order chi connectivity index (χ0) is 21.6. The summed E-state index contributed by atoms with van der Waals surface area (Å²) in [5.74, 6) is -0.146. The molecule has 0 saturated carbocycles. The maximum Gasteiger partial charge on any atom is 0.260 e. The van der Waals surface area contributed by atoms with E-state index in [9.17, 15) is 13.6 Å². The molecule has 3 aromatic rings. The number of nitrogens with zero attached hydrogens (tertiary/aromatic N) is 4. The molecule has 0 fully saturated rings. The van der Waals surface area contributed by atoms with Crippen LogP contribution in [0.4, 0.5) is 11.6 Å². The Bertz CT molecular complexity index is 1220. The van der Waals surface area contributed by atoms with Crippen molar-refractivity contribution in [2.45, 2.75) is 23.9 Å². The van der Waals surface area contributed by atoms with Gasteiger partial charge in [0.1, 0.15) is 5.54 Å². The van der Waals surface area contributed by atoms with Crippen molar-refractivity contribution >= 4 is 51.8 Å². The lowest BCUT2D eigenvalue weighted by atomic mass is 9.91. The second-order valence-electron chi connectivity index (χ2n) is 7.01. The Hall–Kier alpha value is -2.70. The first-order chi connectivity index (χ1) is 14.2. The van der Waals surface area contributed by atoms with E-state index in [-0.39, 0.29) is 23.3 Å². The molecule has 1 aromatic heterocycles.